The van der Waals surface area contributed by atoms with Crippen molar-refractivity contribution in [1.29, 1.82) is 0 Å². The number of hydrogen-bond acceptors (Lipinski definition) is 3. The molecule has 0 radical (unpaired) electrons. The van der Waals surface area contributed by atoms with E-state index in [0.29, 0.717) is 0 Å². The monoisotopic (exact) mass is 821 g/mol. The summed E-state index contributed by atoms with van der Waals surface area (Å²) in [5, 5.41) is 4.86. The first-order chi connectivity index (χ1) is 31.3. The van der Waals surface area contributed by atoms with Crippen LogP contribution in [0.4, 0.5) is 17.1 Å². The Kier molecular flexibility index (Phi) is 8.84. The highest BCUT2D eigenvalue weighted by Gasteiger charge is 2.41. The predicted molar refractivity (Wildman–Crippen MR) is 269 cm³/mol. The van der Waals surface area contributed by atoms with E-state index in [0.717, 1.165) is 67.6 Å². The molecule has 4 heteroatoms. The Morgan fingerprint density at radius 1 is 0.375 bits per heavy atom. The van der Waals surface area contributed by atoms with Crippen LogP contribution in [0.15, 0.2) is 212 Å². The maximum atomic E-state index is 7.15. The van der Waals surface area contributed by atoms with Crippen LogP contribution in [0.1, 0.15) is 26.3 Å². The zero-order chi connectivity index (χ0) is 42.9. The van der Waals surface area contributed by atoms with Gasteiger partial charge in [0, 0.05) is 29.0 Å². The van der Waals surface area contributed by atoms with Crippen LogP contribution in [0, 0.1) is 0 Å². The van der Waals surface area contributed by atoms with Crippen LogP contribution in [-0.2, 0) is 5.41 Å². The van der Waals surface area contributed by atoms with E-state index >= 15 is 0 Å². The van der Waals surface area contributed by atoms with E-state index in [-0.39, 0.29) is 12.1 Å². The van der Waals surface area contributed by atoms with Crippen LogP contribution >= 0.6 is 0 Å². The summed E-state index contributed by atoms with van der Waals surface area (Å²) in [7, 11) is 0. The van der Waals surface area contributed by atoms with Crippen LogP contribution in [0.3, 0.4) is 0 Å². The first-order valence-electron chi connectivity index (χ1n) is 22.2. The molecule has 0 saturated carbocycles. The number of anilines is 3. The Morgan fingerprint density at radius 2 is 0.828 bits per heavy atom. The van der Waals surface area contributed by atoms with E-state index in [1.54, 1.807) is 0 Å². The van der Waals surface area contributed by atoms with E-state index < -0.39 is 0 Å². The smallest absolute Gasteiger partial charge is 0.260 e. The first-order valence-corrected chi connectivity index (χ1v) is 22.2. The van der Waals surface area contributed by atoms with Gasteiger partial charge in [-0.05, 0) is 113 Å². The molecule has 0 unspecified atom stereocenters. The van der Waals surface area contributed by atoms with Crippen molar-refractivity contribution in [2.75, 3.05) is 4.90 Å². The van der Waals surface area contributed by atoms with E-state index in [2.05, 4.69) is 238 Å². The highest BCUT2D eigenvalue weighted by molar-refractivity contribution is 6.98. The van der Waals surface area contributed by atoms with Crippen molar-refractivity contribution in [3.63, 3.8) is 0 Å². The minimum atomic E-state index is -0.0978. The zero-order valence-corrected chi connectivity index (χ0v) is 36.0. The quantitative estimate of drug-likeness (QED) is 0.156. The molecule has 0 spiro atoms. The molecule has 64 heavy (non-hydrogen) atoms. The average molecular weight is 822 g/mol. The third kappa shape index (κ3) is 6.45. The van der Waals surface area contributed by atoms with Gasteiger partial charge in [0.15, 0.2) is 0 Å². The molecule has 0 N–H and O–H groups in total. The van der Waals surface area contributed by atoms with Gasteiger partial charge >= 0.3 is 0 Å². The molecule has 0 atom stereocenters. The fourth-order valence-corrected chi connectivity index (χ4v) is 9.89. The Morgan fingerprint density at radius 3 is 1.36 bits per heavy atom. The second-order valence-corrected chi connectivity index (χ2v) is 18.1. The SMILES string of the molecule is CC(C)(C)c1ccc(N(c2ccc(-c3ccccc3)cc2)c2cc3c4c(c2)Oc2cc(-c5cccc6ccccc56)ccc2B4c2ccc(-c4cccc5ccccc45)cc2O3)cc1. The van der Waals surface area contributed by atoms with Crippen LogP contribution < -0.4 is 30.8 Å². The highest BCUT2D eigenvalue weighted by atomic mass is 16.5. The molecule has 304 valence electrons. The van der Waals surface area contributed by atoms with Crippen molar-refractivity contribution in [2.24, 2.45) is 0 Å². The Labute approximate surface area is 374 Å². The second-order valence-electron chi connectivity index (χ2n) is 18.1. The summed E-state index contributed by atoms with van der Waals surface area (Å²) in [4.78, 5) is 2.32. The summed E-state index contributed by atoms with van der Waals surface area (Å²) in [6.07, 6.45) is 0. The number of hydrogen-bond donors (Lipinski definition) is 0. The minimum absolute atomic E-state index is 0.0178. The predicted octanol–water partition coefficient (Wildman–Crippen LogP) is 14.5. The molecule has 0 amide bonds. The first kappa shape index (κ1) is 37.9. The lowest BCUT2D eigenvalue weighted by atomic mass is 9.34. The summed E-state index contributed by atoms with van der Waals surface area (Å²) < 4.78 is 14.3. The molecule has 2 aliphatic heterocycles. The maximum Gasteiger partial charge on any atom is 0.260 e. The number of nitrogens with zero attached hydrogens (tertiary/aromatic N) is 1. The van der Waals surface area contributed by atoms with Crippen molar-refractivity contribution in [3.05, 3.63) is 218 Å². The van der Waals surface area contributed by atoms with Gasteiger partial charge in [-0.15, -0.1) is 0 Å². The van der Waals surface area contributed by atoms with Gasteiger partial charge in [0.05, 0.1) is 5.69 Å². The molecule has 0 saturated heterocycles. The van der Waals surface area contributed by atoms with Crippen LogP contribution in [-0.4, -0.2) is 6.71 Å². The van der Waals surface area contributed by atoms with Crippen LogP contribution in [0.2, 0.25) is 0 Å². The maximum absolute atomic E-state index is 7.15. The molecule has 12 rings (SSSR count). The number of rotatable bonds is 6. The van der Waals surface area contributed by atoms with Gasteiger partial charge in [-0.3, -0.25) is 0 Å². The van der Waals surface area contributed by atoms with E-state index in [4.69, 9.17) is 9.47 Å². The van der Waals surface area contributed by atoms with E-state index in [1.165, 1.54) is 49.4 Å². The highest BCUT2D eigenvalue weighted by Crippen LogP contribution is 2.45. The largest absolute Gasteiger partial charge is 0.458 e. The molecule has 10 aromatic carbocycles. The molecule has 10 aromatic rings. The molecular formula is C60H44BNO2. The summed E-state index contributed by atoms with van der Waals surface area (Å²) in [6.45, 7) is 6.68. The lowest BCUT2D eigenvalue weighted by molar-refractivity contribution is 0.465. The Balaban J connectivity index is 1.05. The van der Waals surface area contributed by atoms with Gasteiger partial charge in [0.2, 0.25) is 0 Å². The minimum Gasteiger partial charge on any atom is -0.458 e. The summed E-state index contributed by atoms with van der Waals surface area (Å²) in [5.41, 5.74) is 14.6. The van der Waals surface area contributed by atoms with Crippen molar-refractivity contribution in [1.82, 2.24) is 0 Å². The normalized spacial score (nSPS) is 12.5. The Bertz CT molecular complexity index is 3260. The fourth-order valence-electron chi connectivity index (χ4n) is 9.89. The molecule has 2 heterocycles. The van der Waals surface area contributed by atoms with Gasteiger partial charge in [-0.1, -0.05) is 185 Å². The zero-order valence-electron chi connectivity index (χ0n) is 36.0. The van der Waals surface area contributed by atoms with Crippen molar-refractivity contribution in [3.8, 4) is 56.4 Å². The number of ether oxygens (including phenoxy) is 2. The number of benzene rings is 10. The topological polar surface area (TPSA) is 21.7 Å². The molecule has 2 aliphatic rings. The van der Waals surface area contributed by atoms with Crippen LogP contribution in [0.25, 0.3) is 54.9 Å². The lowest BCUT2D eigenvalue weighted by Gasteiger charge is -2.35. The second kappa shape index (κ2) is 14.9. The standard InChI is InChI=1S/C60H44BNO2/c1-60(2,3)45-27-31-47(32-28-45)62(46-29-23-40(24-30-46)39-13-5-4-6-14-39)48-37-57-59-58(38-48)64-56-36-44(52-22-12-18-42-16-8-10-20-50(42)52)26-34-54(56)61(59)53-33-25-43(35-55(53)63-57)51-21-11-17-41-15-7-9-19-49(41)51/h4-38H,1-3H3. The van der Waals surface area contributed by atoms with E-state index in [1.807, 2.05) is 0 Å². The molecule has 3 nitrogen and oxygen atoms in total. The molecule has 0 bridgehead atoms. The van der Waals surface area contributed by atoms with Gasteiger partial charge in [-0.25, -0.2) is 0 Å². The van der Waals surface area contributed by atoms with Gasteiger partial charge in [-0.2, -0.15) is 0 Å². The molecule has 0 aromatic heterocycles. The average Bonchev–Trinajstić information content (AvgIpc) is 3.33. The van der Waals surface area contributed by atoms with E-state index in [9.17, 15) is 0 Å². The van der Waals surface area contributed by atoms with Crippen molar-refractivity contribution < 1.29 is 9.47 Å². The Hall–Kier alpha value is -7.82. The van der Waals surface area contributed by atoms with Gasteiger partial charge in [0.1, 0.15) is 23.0 Å². The fraction of sp³-hybridized carbons (Fsp3) is 0.0667. The molecule has 0 aliphatic carbocycles. The molecular weight excluding hydrogens is 777 g/mol. The van der Waals surface area contributed by atoms with Gasteiger partial charge in [0.25, 0.3) is 6.71 Å². The summed E-state index contributed by atoms with van der Waals surface area (Å²) in [5.74, 6) is 3.29. The van der Waals surface area contributed by atoms with Crippen molar-refractivity contribution in [2.45, 2.75) is 26.2 Å². The third-order valence-corrected chi connectivity index (χ3v) is 13.2. The van der Waals surface area contributed by atoms with Crippen molar-refractivity contribution >= 4 is 61.7 Å². The van der Waals surface area contributed by atoms with Crippen LogP contribution in [0.5, 0.6) is 23.0 Å². The third-order valence-electron chi connectivity index (χ3n) is 13.2. The summed E-state index contributed by atoms with van der Waals surface area (Å²) >= 11 is 0. The summed E-state index contributed by atoms with van der Waals surface area (Å²) in [6, 6.07) is 76.6. The molecule has 0 fully saturated rings. The lowest BCUT2D eigenvalue weighted by Crippen LogP contribution is -2.57. The number of fused-ring (bicyclic) bond motifs is 6. The van der Waals surface area contributed by atoms with Gasteiger partial charge < -0.3 is 14.4 Å².